The number of rotatable bonds is 5. The molecule has 1 N–H and O–H groups in total. The molecule has 3 aromatic rings. The number of ether oxygens (including phenoxy) is 2. The zero-order chi connectivity index (χ0) is 27.4. The van der Waals surface area contributed by atoms with Crippen LogP contribution in [0.3, 0.4) is 0 Å². The van der Waals surface area contributed by atoms with Crippen LogP contribution in [0.1, 0.15) is 11.6 Å². The third-order valence-corrected chi connectivity index (χ3v) is 8.35. The summed E-state index contributed by atoms with van der Waals surface area (Å²) < 4.78 is 13.6. The van der Waals surface area contributed by atoms with Gasteiger partial charge in [0, 0.05) is 6.54 Å². The van der Waals surface area contributed by atoms with Crippen LogP contribution in [0.2, 0.25) is 0 Å². The predicted molar refractivity (Wildman–Crippen MR) is 140 cm³/mol. The summed E-state index contributed by atoms with van der Waals surface area (Å²) in [5.41, 5.74) is 0.706. The maximum Gasteiger partial charge on any atom is 0.313 e. The number of amides is 2. The summed E-state index contributed by atoms with van der Waals surface area (Å²) in [5.74, 6) is -3.26. The van der Waals surface area contributed by atoms with Crippen LogP contribution in [0.4, 0.5) is 0 Å². The van der Waals surface area contributed by atoms with E-state index in [0.29, 0.717) is 11.1 Å². The van der Waals surface area contributed by atoms with Crippen LogP contribution in [-0.2, 0) is 30.5 Å². The number of carbonyl (C=O) groups is 3. The Morgan fingerprint density at radius 2 is 1.82 bits per heavy atom. The average Bonchev–Trinajstić information content (AvgIpc) is 3.52. The molecular formula is C29H27N5O6. The highest BCUT2D eigenvalue weighted by Crippen LogP contribution is 2.55. The van der Waals surface area contributed by atoms with Crippen molar-refractivity contribution in [2.24, 2.45) is 11.8 Å². The Labute approximate surface area is 229 Å². The lowest BCUT2D eigenvalue weighted by Crippen LogP contribution is -2.56. The molecule has 5 heterocycles. The van der Waals surface area contributed by atoms with Crippen molar-refractivity contribution in [3.63, 3.8) is 0 Å². The first-order valence-electron chi connectivity index (χ1n) is 13.3. The van der Waals surface area contributed by atoms with Crippen LogP contribution >= 0.6 is 0 Å². The zero-order valence-electron chi connectivity index (χ0n) is 21.4. The zero-order valence-corrected chi connectivity index (χ0v) is 21.4. The minimum Gasteiger partial charge on any atom is -0.461 e. The van der Waals surface area contributed by atoms with Gasteiger partial charge in [0.2, 0.25) is 5.91 Å². The SMILES string of the molecule is O=C1OCC=C[C@@H]2O[C@]34C=CCN(Cn5nnc6ccccc65)C(=O)C3N([C@H](CO)c3ccccc3)C(=O)[C@@H]4[C@H]12. The summed E-state index contributed by atoms with van der Waals surface area (Å²) in [5, 5.41) is 19.0. The Bertz CT molecular complexity index is 1550. The minimum atomic E-state index is -1.43. The fraction of sp³-hybridized carbons (Fsp3) is 0.345. The molecule has 0 bridgehead atoms. The molecule has 2 amide bonds. The van der Waals surface area contributed by atoms with E-state index in [2.05, 4.69) is 10.3 Å². The molecule has 7 rings (SSSR count). The number of para-hydroxylation sites is 1. The lowest BCUT2D eigenvalue weighted by molar-refractivity contribution is -0.155. The summed E-state index contributed by atoms with van der Waals surface area (Å²) >= 11 is 0. The third kappa shape index (κ3) is 3.54. The summed E-state index contributed by atoms with van der Waals surface area (Å²) in [6.07, 6.45) is 6.27. The standard InChI is InChI=1S/C29H27N5O6/c35-16-21(18-8-2-1-3-9-18)34-25-27(37)32(17-33-20-11-5-4-10-19(20)30-31-33)14-7-13-29(25)24(26(34)36)23-22(40-29)12-6-15-39-28(23)38/h1-13,21-25,35H,14-17H2/t21-,22+,23-,24+,25?,29+/m1/s1. The molecule has 4 aliphatic heterocycles. The molecule has 0 saturated carbocycles. The number of aromatic nitrogens is 3. The molecular weight excluding hydrogens is 514 g/mol. The number of benzene rings is 2. The van der Waals surface area contributed by atoms with Gasteiger partial charge in [0.15, 0.2) is 0 Å². The van der Waals surface area contributed by atoms with Gasteiger partial charge in [-0.15, -0.1) is 5.10 Å². The number of hydrogen-bond donors (Lipinski definition) is 1. The maximum absolute atomic E-state index is 14.5. The Hall–Kier alpha value is -4.35. The lowest BCUT2D eigenvalue weighted by atomic mass is 9.78. The second-order valence-electron chi connectivity index (χ2n) is 10.4. The Morgan fingerprint density at radius 1 is 1.02 bits per heavy atom. The molecule has 204 valence electrons. The summed E-state index contributed by atoms with van der Waals surface area (Å²) in [6.45, 7) is -0.00678. The Morgan fingerprint density at radius 3 is 2.65 bits per heavy atom. The molecule has 1 spiro atoms. The molecule has 1 aromatic heterocycles. The smallest absolute Gasteiger partial charge is 0.313 e. The van der Waals surface area contributed by atoms with E-state index in [-0.39, 0.29) is 25.7 Å². The quantitative estimate of drug-likeness (QED) is 0.377. The summed E-state index contributed by atoms with van der Waals surface area (Å²) in [4.78, 5) is 45.0. The minimum absolute atomic E-state index is 0.0902. The van der Waals surface area contributed by atoms with Gasteiger partial charge < -0.3 is 24.4 Å². The van der Waals surface area contributed by atoms with E-state index in [4.69, 9.17) is 9.47 Å². The molecule has 40 heavy (non-hydrogen) atoms. The molecule has 0 aliphatic carbocycles. The van der Waals surface area contributed by atoms with E-state index >= 15 is 0 Å². The van der Waals surface area contributed by atoms with Gasteiger partial charge in [0.1, 0.15) is 36.4 Å². The van der Waals surface area contributed by atoms with Crippen LogP contribution in [0.5, 0.6) is 0 Å². The van der Waals surface area contributed by atoms with E-state index in [9.17, 15) is 19.5 Å². The number of fused-ring (bicyclic) bond motifs is 3. The van der Waals surface area contributed by atoms with E-state index in [0.717, 1.165) is 5.52 Å². The maximum atomic E-state index is 14.5. The Balaban J connectivity index is 1.34. The number of likely N-dealkylation sites (tertiary alicyclic amines) is 1. The summed E-state index contributed by atoms with van der Waals surface area (Å²) in [7, 11) is 0. The van der Waals surface area contributed by atoms with Crippen molar-refractivity contribution in [2.45, 2.75) is 30.5 Å². The number of aliphatic hydroxyl groups excluding tert-OH is 1. The van der Waals surface area contributed by atoms with Gasteiger partial charge in [-0.2, -0.15) is 0 Å². The average molecular weight is 542 g/mol. The van der Waals surface area contributed by atoms with Crippen LogP contribution < -0.4 is 0 Å². The number of cyclic esters (lactones) is 1. The van der Waals surface area contributed by atoms with Gasteiger partial charge in [0.25, 0.3) is 5.91 Å². The third-order valence-electron chi connectivity index (χ3n) is 8.35. The van der Waals surface area contributed by atoms with Crippen molar-refractivity contribution in [2.75, 3.05) is 19.8 Å². The van der Waals surface area contributed by atoms with Gasteiger partial charge in [0.05, 0.1) is 30.2 Å². The van der Waals surface area contributed by atoms with Crippen LogP contribution in [-0.4, -0.2) is 85.2 Å². The van der Waals surface area contributed by atoms with Crippen molar-refractivity contribution in [1.82, 2.24) is 24.8 Å². The van der Waals surface area contributed by atoms with Gasteiger partial charge in [-0.3, -0.25) is 14.4 Å². The van der Waals surface area contributed by atoms with Crippen molar-refractivity contribution in [3.05, 3.63) is 84.5 Å². The van der Waals surface area contributed by atoms with E-state index in [1.54, 1.807) is 46.0 Å². The van der Waals surface area contributed by atoms with Crippen molar-refractivity contribution in [3.8, 4) is 0 Å². The molecule has 2 aromatic carbocycles. The van der Waals surface area contributed by atoms with E-state index < -0.39 is 54.1 Å². The highest BCUT2D eigenvalue weighted by atomic mass is 16.6. The largest absolute Gasteiger partial charge is 0.461 e. The first kappa shape index (κ1) is 24.7. The van der Waals surface area contributed by atoms with Crippen molar-refractivity contribution < 1.29 is 29.0 Å². The van der Waals surface area contributed by atoms with Crippen molar-refractivity contribution >= 4 is 28.8 Å². The number of hydrogen-bond acceptors (Lipinski definition) is 8. The first-order chi connectivity index (χ1) is 19.5. The van der Waals surface area contributed by atoms with Crippen LogP contribution in [0.25, 0.3) is 11.0 Å². The summed E-state index contributed by atoms with van der Waals surface area (Å²) in [6, 6.07) is 14.6. The molecule has 6 atom stereocenters. The number of esters is 1. The molecule has 1 unspecified atom stereocenters. The topological polar surface area (TPSA) is 127 Å². The van der Waals surface area contributed by atoms with E-state index in [1.807, 2.05) is 42.5 Å². The second kappa shape index (κ2) is 9.39. The lowest BCUT2D eigenvalue weighted by Gasteiger charge is -2.38. The number of aliphatic hydroxyl groups is 1. The number of carbonyl (C=O) groups excluding carboxylic acids is 3. The number of nitrogens with zero attached hydrogens (tertiary/aromatic N) is 5. The fourth-order valence-corrected chi connectivity index (χ4v) is 6.63. The van der Waals surface area contributed by atoms with Crippen LogP contribution in [0.15, 0.2) is 78.9 Å². The predicted octanol–water partition coefficient (Wildman–Crippen LogP) is 1.21. The normalized spacial score (nSPS) is 30.1. The molecule has 2 fully saturated rings. The molecule has 11 nitrogen and oxygen atoms in total. The van der Waals surface area contributed by atoms with Gasteiger partial charge in [-0.25, -0.2) is 4.68 Å². The van der Waals surface area contributed by atoms with Gasteiger partial charge in [-0.05, 0) is 23.8 Å². The van der Waals surface area contributed by atoms with Crippen molar-refractivity contribution in [1.29, 1.82) is 0 Å². The highest BCUT2D eigenvalue weighted by molar-refractivity contribution is 5.99. The first-order valence-corrected chi connectivity index (χ1v) is 13.3. The monoisotopic (exact) mass is 541 g/mol. The highest BCUT2D eigenvalue weighted by Gasteiger charge is 2.72. The fourth-order valence-electron chi connectivity index (χ4n) is 6.63. The Kier molecular flexibility index (Phi) is 5.79. The van der Waals surface area contributed by atoms with Gasteiger partial charge in [-0.1, -0.05) is 65.9 Å². The second-order valence-corrected chi connectivity index (χ2v) is 10.4. The molecule has 2 saturated heterocycles. The van der Waals surface area contributed by atoms with Gasteiger partial charge >= 0.3 is 5.97 Å². The molecule has 0 radical (unpaired) electrons. The van der Waals surface area contributed by atoms with Crippen LogP contribution in [0, 0.1) is 11.8 Å². The molecule has 4 aliphatic rings. The van der Waals surface area contributed by atoms with E-state index in [1.165, 1.54) is 4.90 Å². The molecule has 11 heteroatoms.